The van der Waals surface area contributed by atoms with Gasteiger partial charge in [-0.1, -0.05) is 51.3 Å². The van der Waals surface area contributed by atoms with Crippen molar-refractivity contribution in [3.63, 3.8) is 0 Å². The van der Waals surface area contributed by atoms with E-state index in [9.17, 15) is 0 Å². The summed E-state index contributed by atoms with van der Waals surface area (Å²) in [4.78, 5) is 4.40. The fourth-order valence-electron chi connectivity index (χ4n) is 1.86. The minimum absolute atomic E-state index is 0.483. The topological polar surface area (TPSA) is 26.0 Å². The van der Waals surface area contributed by atoms with E-state index in [4.69, 9.17) is 27.6 Å². The number of fused-ring (bicyclic) bond motifs is 1. The molecule has 0 fully saturated rings. The average Bonchev–Trinajstić information content (AvgIpc) is 2.75. The minimum atomic E-state index is 0.483. The van der Waals surface area contributed by atoms with Crippen LogP contribution >= 0.6 is 39.1 Å². The van der Waals surface area contributed by atoms with Crippen LogP contribution in [0.2, 0.25) is 10.0 Å². The van der Waals surface area contributed by atoms with Gasteiger partial charge in [0.15, 0.2) is 11.5 Å². The molecule has 3 aromatic rings. The zero-order valence-corrected chi connectivity index (χ0v) is 12.8. The van der Waals surface area contributed by atoms with Crippen molar-refractivity contribution >= 4 is 50.2 Å². The summed E-state index contributed by atoms with van der Waals surface area (Å²) in [5.74, 6) is 0.626. The molecule has 0 amide bonds. The molecule has 0 bridgehead atoms. The van der Waals surface area contributed by atoms with Crippen LogP contribution in [0.1, 0.15) is 11.5 Å². The minimum Gasteiger partial charge on any atom is -0.439 e. The first-order valence-corrected chi connectivity index (χ1v) is 7.15. The number of hydrogen-bond donors (Lipinski definition) is 0. The molecule has 19 heavy (non-hydrogen) atoms. The van der Waals surface area contributed by atoms with Crippen LogP contribution in [0.3, 0.4) is 0 Å². The Hall–Kier alpha value is -1.03. The first kappa shape index (κ1) is 13.0. The fraction of sp³-hybridized carbons (Fsp3) is 0.0714. The predicted molar refractivity (Wildman–Crippen MR) is 81.0 cm³/mol. The summed E-state index contributed by atoms with van der Waals surface area (Å²) >= 11 is 15.4. The van der Waals surface area contributed by atoms with E-state index < -0.39 is 0 Å². The lowest BCUT2D eigenvalue weighted by atomic mass is 10.1. The van der Waals surface area contributed by atoms with Gasteiger partial charge in [0.05, 0.1) is 5.02 Å². The molecule has 0 aliphatic rings. The Kier molecular flexibility index (Phi) is 3.52. The van der Waals surface area contributed by atoms with Gasteiger partial charge in [0.1, 0.15) is 5.52 Å². The summed E-state index contributed by atoms with van der Waals surface area (Å²) in [6, 6.07) is 11.4. The monoisotopic (exact) mass is 355 g/mol. The molecule has 2 nitrogen and oxygen atoms in total. The molecule has 3 rings (SSSR count). The number of halogens is 3. The molecular formula is C14H8BrCl2NO. The average molecular weight is 357 g/mol. The summed E-state index contributed by atoms with van der Waals surface area (Å²) in [6.45, 7) is 0. The number of nitrogens with zero attached hydrogens (tertiary/aromatic N) is 1. The quantitative estimate of drug-likeness (QED) is 0.606. The van der Waals surface area contributed by atoms with Crippen molar-refractivity contribution in [2.75, 3.05) is 0 Å². The Labute approximate surface area is 128 Å². The highest BCUT2D eigenvalue weighted by Crippen LogP contribution is 2.29. The van der Waals surface area contributed by atoms with Gasteiger partial charge in [-0.2, -0.15) is 0 Å². The van der Waals surface area contributed by atoms with E-state index in [0.29, 0.717) is 33.5 Å². The van der Waals surface area contributed by atoms with Crippen molar-refractivity contribution in [2.45, 2.75) is 6.42 Å². The SMILES string of the molecule is Clc1cc(Cl)c2oc(Cc3ccc(Br)cc3)nc2c1. The van der Waals surface area contributed by atoms with Gasteiger partial charge in [-0.25, -0.2) is 4.98 Å². The lowest BCUT2D eigenvalue weighted by molar-refractivity contribution is 0.544. The van der Waals surface area contributed by atoms with Crippen LogP contribution in [-0.4, -0.2) is 4.98 Å². The largest absolute Gasteiger partial charge is 0.439 e. The van der Waals surface area contributed by atoms with Gasteiger partial charge >= 0.3 is 0 Å². The molecule has 96 valence electrons. The molecule has 5 heteroatoms. The van der Waals surface area contributed by atoms with E-state index in [1.807, 2.05) is 24.3 Å². The highest BCUT2D eigenvalue weighted by Gasteiger charge is 2.11. The smallest absolute Gasteiger partial charge is 0.199 e. The Morgan fingerprint density at radius 3 is 2.58 bits per heavy atom. The molecule has 0 atom stereocenters. The van der Waals surface area contributed by atoms with Crippen LogP contribution in [0.15, 0.2) is 45.3 Å². The summed E-state index contributed by atoms with van der Waals surface area (Å²) in [6.07, 6.45) is 0.621. The van der Waals surface area contributed by atoms with Crippen LogP contribution in [0.4, 0.5) is 0 Å². The lowest BCUT2D eigenvalue weighted by Crippen LogP contribution is -1.87. The molecule has 1 aromatic heterocycles. The van der Waals surface area contributed by atoms with Crippen LogP contribution in [0.25, 0.3) is 11.1 Å². The number of rotatable bonds is 2. The van der Waals surface area contributed by atoms with Crippen LogP contribution < -0.4 is 0 Å². The number of aromatic nitrogens is 1. The summed E-state index contributed by atoms with van der Waals surface area (Å²) in [5.41, 5.74) is 2.39. The summed E-state index contributed by atoms with van der Waals surface area (Å²) in [5, 5.41) is 1.04. The molecule has 0 unspecified atom stereocenters. The third kappa shape index (κ3) is 2.78. The third-order valence-electron chi connectivity index (χ3n) is 2.72. The zero-order chi connectivity index (χ0) is 13.4. The summed E-state index contributed by atoms with van der Waals surface area (Å²) < 4.78 is 6.72. The molecule has 0 spiro atoms. The molecule has 0 aliphatic heterocycles. The van der Waals surface area contributed by atoms with E-state index in [1.165, 1.54) is 0 Å². The van der Waals surface area contributed by atoms with Crippen molar-refractivity contribution in [3.05, 3.63) is 62.4 Å². The van der Waals surface area contributed by atoms with Gasteiger partial charge in [0, 0.05) is 15.9 Å². The summed E-state index contributed by atoms with van der Waals surface area (Å²) in [7, 11) is 0. The number of hydrogen-bond acceptors (Lipinski definition) is 2. The van der Waals surface area contributed by atoms with Gasteiger partial charge in [0.25, 0.3) is 0 Å². The Balaban J connectivity index is 1.97. The molecule has 0 radical (unpaired) electrons. The molecule has 2 aromatic carbocycles. The molecule has 0 saturated heterocycles. The van der Waals surface area contributed by atoms with Crippen molar-refractivity contribution in [1.82, 2.24) is 4.98 Å². The molecule has 1 heterocycles. The highest BCUT2D eigenvalue weighted by molar-refractivity contribution is 9.10. The molecule has 0 aliphatic carbocycles. The molecule has 0 saturated carbocycles. The maximum Gasteiger partial charge on any atom is 0.199 e. The number of benzene rings is 2. The van der Waals surface area contributed by atoms with Gasteiger partial charge in [-0.05, 0) is 29.8 Å². The predicted octanol–water partition coefficient (Wildman–Crippen LogP) is 5.49. The standard InChI is InChI=1S/C14H8BrCl2NO/c15-9-3-1-8(2-4-9)5-13-18-12-7-10(16)6-11(17)14(12)19-13/h1-4,6-7H,5H2. The van der Waals surface area contributed by atoms with Crippen LogP contribution in [-0.2, 0) is 6.42 Å². The van der Waals surface area contributed by atoms with Crippen LogP contribution in [0.5, 0.6) is 0 Å². The first-order valence-electron chi connectivity index (χ1n) is 5.61. The van der Waals surface area contributed by atoms with E-state index in [2.05, 4.69) is 20.9 Å². The van der Waals surface area contributed by atoms with E-state index in [1.54, 1.807) is 12.1 Å². The second-order valence-corrected chi connectivity index (χ2v) is 5.91. The van der Waals surface area contributed by atoms with E-state index in [-0.39, 0.29) is 0 Å². The van der Waals surface area contributed by atoms with E-state index >= 15 is 0 Å². The molecule has 0 N–H and O–H groups in total. The lowest BCUT2D eigenvalue weighted by Gasteiger charge is -1.97. The Morgan fingerprint density at radius 2 is 1.84 bits per heavy atom. The number of oxazole rings is 1. The second kappa shape index (κ2) is 5.16. The van der Waals surface area contributed by atoms with Crippen molar-refractivity contribution in [2.24, 2.45) is 0 Å². The van der Waals surface area contributed by atoms with E-state index in [0.717, 1.165) is 10.0 Å². The van der Waals surface area contributed by atoms with Crippen LogP contribution in [0, 0.1) is 0 Å². The Morgan fingerprint density at radius 1 is 1.11 bits per heavy atom. The third-order valence-corrected chi connectivity index (χ3v) is 3.75. The first-order chi connectivity index (χ1) is 9.11. The van der Waals surface area contributed by atoms with Crippen molar-refractivity contribution in [1.29, 1.82) is 0 Å². The normalized spacial score (nSPS) is 11.1. The maximum atomic E-state index is 6.08. The van der Waals surface area contributed by atoms with Gasteiger partial charge in [-0.15, -0.1) is 0 Å². The maximum absolute atomic E-state index is 6.08. The molecular weight excluding hydrogens is 349 g/mol. The van der Waals surface area contributed by atoms with Gasteiger partial charge in [-0.3, -0.25) is 0 Å². The van der Waals surface area contributed by atoms with Crippen molar-refractivity contribution in [3.8, 4) is 0 Å². The van der Waals surface area contributed by atoms with Gasteiger partial charge in [0.2, 0.25) is 0 Å². The van der Waals surface area contributed by atoms with Crippen molar-refractivity contribution < 1.29 is 4.42 Å². The fourth-order valence-corrected chi connectivity index (χ4v) is 2.64. The highest BCUT2D eigenvalue weighted by atomic mass is 79.9. The van der Waals surface area contributed by atoms with Gasteiger partial charge < -0.3 is 4.42 Å². The zero-order valence-electron chi connectivity index (χ0n) is 9.66. The Bertz CT molecular complexity index is 737. The second-order valence-electron chi connectivity index (χ2n) is 4.15.